The van der Waals surface area contributed by atoms with E-state index in [0.29, 0.717) is 53.1 Å². The molecule has 1 aliphatic heterocycles. The monoisotopic (exact) mass is 561 g/mol. The number of nitrogens with zero attached hydrogens (tertiary/aromatic N) is 4. The number of fused-ring (bicyclic) bond motifs is 1. The molecule has 39 heavy (non-hydrogen) atoms. The molecule has 1 N–H and O–H groups in total. The number of H-pyrrole nitrogens is 1. The maximum atomic E-state index is 13.9. The molecule has 1 saturated heterocycles. The Morgan fingerprint density at radius 1 is 0.974 bits per heavy atom. The zero-order valence-corrected chi connectivity index (χ0v) is 22.6. The topological polar surface area (TPSA) is 85.1 Å². The molecule has 8 nitrogen and oxygen atoms in total. The summed E-state index contributed by atoms with van der Waals surface area (Å²) in [6, 6.07) is 22.2. The average molecular weight is 562 g/mol. The Kier molecular flexibility index (Phi) is 6.66. The van der Waals surface area contributed by atoms with E-state index in [-0.39, 0.29) is 17.6 Å². The number of amides is 1. The number of ether oxygens (including phenoxy) is 1. The Bertz CT molecular complexity index is 1730. The molecule has 5 aromatic rings. The van der Waals surface area contributed by atoms with Crippen molar-refractivity contribution in [1.29, 1.82) is 0 Å². The van der Waals surface area contributed by atoms with Crippen LogP contribution in [0.1, 0.15) is 29.4 Å². The fourth-order valence-corrected chi connectivity index (χ4v) is 5.47. The van der Waals surface area contributed by atoms with Gasteiger partial charge in [0.15, 0.2) is 0 Å². The molecule has 198 valence electrons. The van der Waals surface area contributed by atoms with Crippen LogP contribution in [0.5, 0.6) is 5.75 Å². The van der Waals surface area contributed by atoms with Crippen LogP contribution in [-0.2, 0) is 0 Å². The lowest BCUT2D eigenvalue weighted by atomic mass is 10.0. The summed E-state index contributed by atoms with van der Waals surface area (Å²) in [4.78, 5) is 31.3. The van der Waals surface area contributed by atoms with Crippen LogP contribution in [-0.4, -0.2) is 50.3 Å². The van der Waals surface area contributed by atoms with Crippen molar-refractivity contribution in [3.8, 4) is 22.7 Å². The summed E-state index contributed by atoms with van der Waals surface area (Å²) in [5, 5.41) is 5.57. The molecule has 0 spiro atoms. The molecule has 2 aromatic heterocycles. The molecule has 0 bridgehead atoms. The SMILES string of the molecule is COc1ccc(-c2cc(C(=O)N3CCC(n4c(=O)[nH]c5ccccc54)CC3)n(-c3ccc(Cl)c(Cl)c3)n2)cc1. The highest BCUT2D eigenvalue weighted by atomic mass is 35.5. The molecule has 0 saturated carbocycles. The van der Waals surface area contributed by atoms with Crippen LogP contribution in [0.3, 0.4) is 0 Å². The number of likely N-dealkylation sites (tertiary alicyclic amines) is 1. The number of carbonyl (C=O) groups is 1. The minimum Gasteiger partial charge on any atom is -0.497 e. The molecule has 3 aromatic carbocycles. The van der Waals surface area contributed by atoms with Crippen LogP contribution < -0.4 is 10.4 Å². The third-order valence-electron chi connectivity index (χ3n) is 7.20. The van der Waals surface area contributed by atoms with E-state index in [2.05, 4.69) is 4.98 Å². The second kappa shape index (κ2) is 10.3. The normalized spacial score (nSPS) is 14.2. The van der Waals surface area contributed by atoms with Gasteiger partial charge >= 0.3 is 5.69 Å². The molecular formula is C29H25Cl2N5O3. The van der Waals surface area contributed by atoms with E-state index in [1.54, 1.807) is 36.1 Å². The number of hydrogen-bond acceptors (Lipinski definition) is 4. The second-order valence-electron chi connectivity index (χ2n) is 9.49. The van der Waals surface area contributed by atoms with Gasteiger partial charge in [-0.3, -0.25) is 9.36 Å². The fourth-order valence-electron chi connectivity index (χ4n) is 5.18. The zero-order chi connectivity index (χ0) is 27.1. The quantitative estimate of drug-likeness (QED) is 0.286. The number of nitrogens with one attached hydrogen (secondary N) is 1. The zero-order valence-electron chi connectivity index (χ0n) is 21.1. The first-order valence-electron chi connectivity index (χ1n) is 12.6. The lowest BCUT2D eigenvalue weighted by molar-refractivity contribution is 0.0685. The molecular weight excluding hydrogens is 537 g/mol. The predicted octanol–water partition coefficient (Wildman–Crippen LogP) is 5.98. The van der Waals surface area contributed by atoms with Gasteiger partial charge in [0.25, 0.3) is 5.91 Å². The van der Waals surface area contributed by atoms with Crippen molar-refractivity contribution in [2.45, 2.75) is 18.9 Å². The first-order chi connectivity index (χ1) is 18.9. The van der Waals surface area contributed by atoms with E-state index in [9.17, 15) is 9.59 Å². The number of carbonyl (C=O) groups excluding carboxylic acids is 1. The lowest BCUT2D eigenvalue weighted by Crippen LogP contribution is -2.41. The highest BCUT2D eigenvalue weighted by Gasteiger charge is 2.29. The number of benzene rings is 3. The molecule has 0 atom stereocenters. The van der Waals surface area contributed by atoms with E-state index in [4.69, 9.17) is 33.0 Å². The first kappa shape index (κ1) is 25.3. The summed E-state index contributed by atoms with van der Waals surface area (Å²) in [5.41, 5.74) is 4.12. The van der Waals surface area contributed by atoms with Crippen molar-refractivity contribution in [2.24, 2.45) is 0 Å². The van der Waals surface area contributed by atoms with Gasteiger partial charge in [-0.2, -0.15) is 5.10 Å². The van der Waals surface area contributed by atoms with Crippen LogP contribution >= 0.6 is 23.2 Å². The maximum Gasteiger partial charge on any atom is 0.326 e. The highest BCUT2D eigenvalue weighted by molar-refractivity contribution is 6.42. The van der Waals surface area contributed by atoms with Crippen LogP contribution in [0.2, 0.25) is 10.0 Å². The largest absolute Gasteiger partial charge is 0.497 e. The van der Waals surface area contributed by atoms with Gasteiger partial charge in [0.2, 0.25) is 0 Å². The summed E-state index contributed by atoms with van der Waals surface area (Å²) in [5.74, 6) is 0.592. The number of rotatable bonds is 5. The summed E-state index contributed by atoms with van der Waals surface area (Å²) >= 11 is 12.5. The molecule has 0 unspecified atom stereocenters. The third kappa shape index (κ3) is 4.70. The Labute approximate surface area is 234 Å². The van der Waals surface area contributed by atoms with Crippen LogP contribution in [0.15, 0.2) is 77.6 Å². The minimum atomic E-state index is -0.141. The summed E-state index contributed by atoms with van der Waals surface area (Å²) < 4.78 is 8.70. The number of halogens is 2. The number of methoxy groups -OCH3 is 1. The fraction of sp³-hybridized carbons (Fsp3) is 0.207. The average Bonchev–Trinajstić information content (AvgIpc) is 3.55. The maximum absolute atomic E-state index is 13.9. The van der Waals surface area contributed by atoms with Crippen molar-refractivity contribution < 1.29 is 9.53 Å². The van der Waals surface area contributed by atoms with Crippen molar-refractivity contribution in [1.82, 2.24) is 24.2 Å². The van der Waals surface area contributed by atoms with Crippen LogP contribution in [0.4, 0.5) is 0 Å². The highest BCUT2D eigenvalue weighted by Crippen LogP contribution is 2.30. The minimum absolute atomic E-state index is 0.00698. The lowest BCUT2D eigenvalue weighted by Gasteiger charge is -2.32. The molecule has 0 aliphatic carbocycles. The van der Waals surface area contributed by atoms with Crippen LogP contribution in [0, 0.1) is 0 Å². The van der Waals surface area contributed by atoms with Gasteiger partial charge in [-0.15, -0.1) is 0 Å². The molecule has 10 heteroatoms. The van der Waals surface area contributed by atoms with E-state index >= 15 is 0 Å². The van der Waals surface area contributed by atoms with Crippen molar-refractivity contribution in [3.63, 3.8) is 0 Å². The summed E-state index contributed by atoms with van der Waals surface area (Å²) in [6.45, 7) is 1.03. The summed E-state index contributed by atoms with van der Waals surface area (Å²) in [7, 11) is 1.61. The van der Waals surface area contributed by atoms with E-state index < -0.39 is 0 Å². The molecule has 3 heterocycles. The van der Waals surface area contributed by atoms with Crippen molar-refractivity contribution >= 4 is 40.1 Å². The Morgan fingerprint density at radius 2 is 1.72 bits per heavy atom. The van der Waals surface area contributed by atoms with E-state index in [1.165, 1.54) is 0 Å². The Morgan fingerprint density at radius 3 is 2.44 bits per heavy atom. The van der Waals surface area contributed by atoms with Gasteiger partial charge in [0.05, 0.1) is 39.6 Å². The smallest absolute Gasteiger partial charge is 0.326 e. The Balaban J connectivity index is 1.30. The molecule has 0 radical (unpaired) electrons. The van der Waals surface area contributed by atoms with Gasteiger partial charge in [0, 0.05) is 24.7 Å². The van der Waals surface area contributed by atoms with Gasteiger partial charge < -0.3 is 14.6 Å². The number of imidazole rings is 1. The number of aromatic amines is 1. The summed E-state index contributed by atoms with van der Waals surface area (Å²) in [6.07, 6.45) is 1.33. The number of aromatic nitrogens is 4. The van der Waals surface area contributed by atoms with Gasteiger partial charge in [-0.25, -0.2) is 9.48 Å². The molecule has 1 aliphatic rings. The Hall–Kier alpha value is -4.01. The van der Waals surface area contributed by atoms with E-state index in [1.807, 2.05) is 58.0 Å². The first-order valence-corrected chi connectivity index (χ1v) is 13.4. The standard InChI is InChI=1S/C29H25Cl2N5O3/c1-39-21-9-6-18(7-10-21)25-17-27(36(33-25)20-8-11-22(30)23(31)16-20)28(37)34-14-12-19(13-15-34)35-26-5-3-2-4-24(26)32-29(35)38/h2-11,16-17,19H,12-15H2,1H3,(H,32,38). The third-order valence-corrected chi connectivity index (χ3v) is 7.94. The molecule has 1 amide bonds. The second-order valence-corrected chi connectivity index (χ2v) is 10.3. The molecule has 6 rings (SSSR count). The van der Waals surface area contributed by atoms with E-state index in [0.717, 1.165) is 22.3 Å². The number of para-hydroxylation sites is 2. The predicted molar refractivity (Wildman–Crippen MR) is 152 cm³/mol. The number of piperidine rings is 1. The molecule has 1 fully saturated rings. The van der Waals surface area contributed by atoms with Gasteiger partial charge in [0.1, 0.15) is 11.4 Å². The number of hydrogen-bond donors (Lipinski definition) is 1. The van der Waals surface area contributed by atoms with Gasteiger partial charge in [-0.05, 0) is 73.5 Å². The van der Waals surface area contributed by atoms with Gasteiger partial charge in [-0.1, -0.05) is 35.3 Å². The van der Waals surface area contributed by atoms with Crippen molar-refractivity contribution in [3.05, 3.63) is 99.0 Å². The van der Waals surface area contributed by atoms with Crippen LogP contribution in [0.25, 0.3) is 28.0 Å². The van der Waals surface area contributed by atoms with Crippen molar-refractivity contribution in [2.75, 3.05) is 20.2 Å².